The summed E-state index contributed by atoms with van der Waals surface area (Å²) < 4.78 is 2.49. The highest BCUT2D eigenvalue weighted by molar-refractivity contribution is 6.12. The average molecular weight is 992 g/mol. The van der Waals surface area contributed by atoms with Gasteiger partial charge in [0.25, 0.3) is 0 Å². The van der Waals surface area contributed by atoms with Crippen LogP contribution in [0.4, 0.5) is 0 Å². The third kappa shape index (κ3) is 7.61. The van der Waals surface area contributed by atoms with Crippen molar-refractivity contribution in [1.82, 2.24) is 4.57 Å². The average Bonchev–Trinajstić information content (AvgIpc) is 4.10. The highest BCUT2D eigenvalue weighted by Crippen LogP contribution is 2.51. The largest absolute Gasteiger partial charge is 0.309 e. The first-order valence-electron chi connectivity index (χ1n) is 27.2. The third-order valence-corrected chi connectivity index (χ3v) is 16.9. The Morgan fingerprint density at radius 2 is 0.577 bits per heavy atom. The van der Waals surface area contributed by atoms with Crippen LogP contribution in [-0.4, -0.2) is 4.57 Å². The van der Waals surface area contributed by atoms with Gasteiger partial charge in [0.2, 0.25) is 0 Å². The first kappa shape index (κ1) is 45.6. The zero-order chi connectivity index (χ0) is 51.9. The number of hydrogen-bond acceptors (Lipinski definition) is 0. The molecule has 1 aliphatic carbocycles. The summed E-state index contributed by atoms with van der Waals surface area (Å²) in [6, 6.07) is 106. The number of fused-ring (bicyclic) bond motifs is 8. The Morgan fingerprint density at radius 3 is 1.06 bits per heavy atom. The van der Waals surface area contributed by atoms with Gasteiger partial charge in [-0.25, -0.2) is 0 Å². The Bertz CT molecular complexity index is 4400. The fraction of sp³-hybridized carbons (Fsp3) is 0.0390. The zero-order valence-corrected chi connectivity index (χ0v) is 43.6. The van der Waals surface area contributed by atoms with E-state index in [-0.39, 0.29) is 5.41 Å². The van der Waals surface area contributed by atoms with Gasteiger partial charge in [0.05, 0.1) is 11.0 Å². The molecule has 0 N–H and O–H groups in total. The van der Waals surface area contributed by atoms with E-state index in [1.807, 2.05) is 0 Å². The molecular weight excluding hydrogens is 939 g/mol. The maximum atomic E-state index is 2.49. The second-order valence-electron chi connectivity index (χ2n) is 21.6. The quantitative estimate of drug-likeness (QED) is 0.143. The van der Waals surface area contributed by atoms with E-state index < -0.39 is 0 Å². The molecular formula is C77H53N. The molecule has 0 amide bonds. The Labute approximate surface area is 455 Å². The van der Waals surface area contributed by atoms with E-state index in [1.165, 1.54) is 149 Å². The van der Waals surface area contributed by atoms with E-state index in [2.05, 4.69) is 304 Å². The van der Waals surface area contributed by atoms with Gasteiger partial charge in [-0.1, -0.05) is 257 Å². The van der Waals surface area contributed by atoms with Crippen molar-refractivity contribution >= 4 is 43.4 Å². The highest BCUT2D eigenvalue weighted by Gasteiger charge is 2.36. The molecule has 14 aromatic rings. The molecule has 0 fully saturated rings. The second-order valence-corrected chi connectivity index (χ2v) is 21.6. The van der Waals surface area contributed by atoms with Crippen LogP contribution in [0.25, 0.3) is 138 Å². The first-order valence-corrected chi connectivity index (χ1v) is 27.2. The van der Waals surface area contributed by atoms with Gasteiger partial charge in [0.1, 0.15) is 0 Å². The molecule has 0 spiro atoms. The monoisotopic (exact) mass is 991 g/mol. The van der Waals surface area contributed by atoms with Gasteiger partial charge in [-0.05, 0) is 164 Å². The smallest absolute Gasteiger partial charge is 0.0541 e. The van der Waals surface area contributed by atoms with Gasteiger partial charge in [-0.3, -0.25) is 0 Å². The van der Waals surface area contributed by atoms with Crippen LogP contribution in [0.2, 0.25) is 0 Å². The van der Waals surface area contributed by atoms with Crippen LogP contribution < -0.4 is 0 Å². The van der Waals surface area contributed by atoms with Crippen LogP contribution in [0.1, 0.15) is 25.0 Å². The van der Waals surface area contributed by atoms with Crippen molar-refractivity contribution in [1.29, 1.82) is 0 Å². The van der Waals surface area contributed by atoms with Gasteiger partial charge < -0.3 is 4.57 Å². The number of rotatable bonds is 8. The summed E-state index contributed by atoms with van der Waals surface area (Å²) in [5.74, 6) is 0. The summed E-state index contributed by atoms with van der Waals surface area (Å²) in [6.45, 7) is 4.78. The molecule has 0 saturated heterocycles. The summed E-state index contributed by atoms with van der Waals surface area (Å²) in [5.41, 5.74) is 25.8. The minimum absolute atomic E-state index is 0.180. The van der Waals surface area contributed by atoms with Crippen LogP contribution in [0.5, 0.6) is 0 Å². The van der Waals surface area contributed by atoms with Crippen LogP contribution in [-0.2, 0) is 5.41 Å². The number of benzene rings is 13. The van der Waals surface area contributed by atoms with Gasteiger partial charge in [0.15, 0.2) is 0 Å². The normalized spacial score (nSPS) is 12.6. The predicted molar refractivity (Wildman–Crippen MR) is 331 cm³/mol. The van der Waals surface area contributed by atoms with Crippen LogP contribution in [0.3, 0.4) is 0 Å². The van der Waals surface area contributed by atoms with Crippen molar-refractivity contribution in [2.75, 3.05) is 0 Å². The van der Waals surface area contributed by atoms with E-state index >= 15 is 0 Å². The van der Waals surface area contributed by atoms with Gasteiger partial charge in [0, 0.05) is 21.9 Å². The van der Waals surface area contributed by atoms with E-state index in [9.17, 15) is 0 Å². The number of nitrogens with zero attached hydrogens (tertiary/aromatic N) is 1. The van der Waals surface area contributed by atoms with Gasteiger partial charge >= 0.3 is 0 Å². The molecule has 1 nitrogen and oxygen atoms in total. The zero-order valence-electron chi connectivity index (χ0n) is 43.6. The topological polar surface area (TPSA) is 4.93 Å². The summed E-state index contributed by atoms with van der Waals surface area (Å²) in [6.07, 6.45) is 0. The molecule has 0 bridgehead atoms. The van der Waals surface area contributed by atoms with E-state index in [4.69, 9.17) is 0 Å². The lowest BCUT2D eigenvalue weighted by molar-refractivity contribution is 0.660. The van der Waals surface area contributed by atoms with Crippen molar-refractivity contribution < 1.29 is 0 Å². The lowest BCUT2D eigenvalue weighted by atomic mass is 9.81. The Hall–Kier alpha value is -9.82. The standard InChI is InChI=1S/C77H53N/c1-77(2)73-48-63(50-12-4-3-5-13-50)38-42-69(73)70-43-41-64(49-74(70)77)78-75-44-39-61(55-26-22-51(23-27-55)53-30-34-59(35-31-53)67-20-10-16-57-14-6-8-18-65(57)67)46-71(75)72-47-62(40-45-76(72)78)56-28-24-52(25-29-56)54-32-36-60(37-33-54)68-21-11-17-58-15-7-9-19-66(58)68/h3-49H,1-2H3. The lowest BCUT2D eigenvalue weighted by Crippen LogP contribution is -2.15. The molecule has 0 aliphatic heterocycles. The molecule has 0 saturated carbocycles. The molecule has 15 rings (SSSR count). The summed E-state index contributed by atoms with van der Waals surface area (Å²) in [7, 11) is 0. The maximum Gasteiger partial charge on any atom is 0.0541 e. The molecule has 0 radical (unpaired) electrons. The van der Waals surface area contributed by atoms with Crippen molar-refractivity contribution in [3.8, 4) is 94.7 Å². The van der Waals surface area contributed by atoms with E-state index in [1.54, 1.807) is 0 Å². The fourth-order valence-electron chi connectivity index (χ4n) is 12.7. The molecule has 1 heterocycles. The lowest BCUT2D eigenvalue weighted by Gasteiger charge is -2.23. The minimum atomic E-state index is -0.180. The minimum Gasteiger partial charge on any atom is -0.309 e. The SMILES string of the molecule is CC1(C)c2cc(-c3ccccc3)ccc2-c2ccc(-n3c4ccc(-c5ccc(-c6ccc(-c7cccc8ccccc78)cc6)cc5)cc4c4cc(-c5ccc(-c6ccc(-c7cccc8ccccc78)cc6)cc5)ccc43)cc21. The van der Waals surface area contributed by atoms with Crippen molar-refractivity contribution in [3.05, 3.63) is 296 Å². The molecule has 1 aliphatic rings. The molecule has 1 aromatic heterocycles. The molecule has 78 heavy (non-hydrogen) atoms. The number of hydrogen-bond donors (Lipinski definition) is 0. The summed E-state index contributed by atoms with van der Waals surface area (Å²) in [5, 5.41) is 7.54. The number of aromatic nitrogens is 1. The Kier molecular flexibility index (Phi) is 10.6. The fourth-order valence-corrected chi connectivity index (χ4v) is 12.7. The third-order valence-electron chi connectivity index (χ3n) is 16.9. The maximum absolute atomic E-state index is 2.49. The second kappa shape index (κ2) is 18.2. The van der Waals surface area contributed by atoms with Gasteiger partial charge in [-0.2, -0.15) is 0 Å². The van der Waals surface area contributed by atoms with Crippen LogP contribution >= 0.6 is 0 Å². The van der Waals surface area contributed by atoms with Gasteiger partial charge in [-0.15, -0.1) is 0 Å². The van der Waals surface area contributed by atoms with E-state index in [0.29, 0.717) is 0 Å². The van der Waals surface area contributed by atoms with E-state index in [0.717, 1.165) is 0 Å². The van der Waals surface area contributed by atoms with Crippen molar-refractivity contribution in [2.24, 2.45) is 0 Å². The van der Waals surface area contributed by atoms with Crippen molar-refractivity contribution in [3.63, 3.8) is 0 Å². The predicted octanol–water partition coefficient (Wildman–Crippen LogP) is 21.1. The first-order chi connectivity index (χ1) is 38.4. The van der Waals surface area contributed by atoms with Crippen LogP contribution in [0.15, 0.2) is 285 Å². The van der Waals surface area contributed by atoms with Crippen molar-refractivity contribution in [2.45, 2.75) is 19.3 Å². The molecule has 0 atom stereocenters. The summed E-state index contributed by atoms with van der Waals surface area (Å²) in [4.78, 5) is 0. The molecule has 1 heteroatoms. The van der Waals surface area contributed by atoms with Crippen LogP contribution in [0, 0.1) is 0 Å². The molecule has 0 unspecified atom stereocenters. The molecule has 366 valence electrons. The Balaban J connectivity index is 0.792. The summed E-state index contributed by atoms with van der Waals surface area (Å²) >= 11 is 0. The molecule has 13 aromatic carbocycles. The highest BCUT2D eigenvalue weighted by atomic mass is 15.0. The Morgan fingerprint density at radius 1 is 0.231 bits per heavy atom.